The van der Waals surface area contributed by atoms with Gasteiger partial charge in [-0.3, -0.25) is 9.89 Å². The van der Waals surface area contributed by atoms with E-state index in [4.69, 9.17) is 0 Å². The molecule has 0 spiro atoms. The van der Waals surface area contributed by atoms with Gasteiger partial charge in [-0.25, -0.2) is 0 Å². The van der Waals surface area contributed by atoms with Gasteiger partial charge >= 0.3 is 0 Å². The molecule has 0 aliphatic carbocycles. The normalized spacial score (nSPS) is 9.56. The molecule has 1 N–H and O–H groups in total. The van der Waals surface area contributed by atoms with Crippen LogP contribution in [-0.4, -0.2) is 16.0 Å². The Hall–Kier alpha value is -0.390. The molecule has 0 fully saturated rings. The lowest BCUT2D eigenvalue weighted by Gasteiger charge is -1.83. The smallest absolute Gasteiger partial charge is 0.181 e. The monoisotopic (exact) mass is 236 g/mol. The average molecular weight is 236 g/mol. The first kappa shape index (κ1) is 6.73. The summed E-state index contributed by atoms with van der Waals surface area (Å²) in [6.45, 7) is 1.50. The predicted octanol–water partition coefficient (Wildman–Crippen LogP) is 1.22. The van der Waals surface area contributed by atoms with Crippen molar-refractivity contribution in [1.82, 2.24) is 10.2 Å². The van der Waals surface area contributed by atoms with Crippen LogP contribution in [0, 0.1) is 3.57 Å². The van der Waals surface area contributed by atoms with Gasteiger partial charge in [0.2, 0.25) is 0 Å². The van der Waals surface area contributed by atoms with Crippen LogP contribution in [0.4, 0.5) is 0 Å². The van der Waals surface area contributed by atoms with Crippen LogP contribution in [0.5, 0.6) is 0 Å². The van der Waals surface area contributed by atoms with Crippen LogP contribution in [-0.2, 0) is 0 Å². The summed E-state index contributed by atoms with van der Waals surface area (Å²) in [5, 5.41) is 6.33. The van der Waals surface area contributed by atoms with E-state index < -0.39 is 0 Å². The minimum atomic E-state index is 0.000602. The van der Waals surface area contributed by atoms with Crippen molar-refractivity contribution in [2.24, 2.45) is 0 Å². The third kappa shape index (κ3) is 1.29. The van der Waals surface area contributed by atoms with E-state index in [1.807, 2.05) is 0 Å². The summed E-state index contributed by atoms with van der Waals surface area (Å²) in [5.41, 5.74) is 0.524. The molecule has 0 aliphatic rings. The Balaban J connectivity index is 3.08. The average Bonchev–Trinajstić information content (AvgIpc) is 2.13. The van der Waals surface area contributed by atoms with Crippen LogP contribution in [0.25, 0.3) is 0 Å². The molecule has 0 aromatic carbocycles. The Morgan fingerprint density at radius 1 is 1.89 bits per heavy atom. The number of aromatic amines is 1. The summed E-state index contributed by atoms with van der Waals surface area (Å²) in [7, 11) is 0. The lowest BCUT2D eigenvalue weighted by molar-refractivity contribution is 0.101. The second-order valence-corrected chi connectivity index (χ2v) is 2.80. The largest absolute Gasteiger partial charge is 0.293 e. The Morgan fingerprint density at radius 2 is 2.56 bits per heavy atom. The third-order valence-electron chi connectivity index (χ3n) is 0.927. The molecule has 0 bridgehead atoms. The fourth-order valence-electron chi connectivity index (χ4n) is 0.522. The number of halogens is 1. The molecule has 0 aliphatic heterocycles. The van der Waals surface area contributed by atoms with Gasteiger partial charge in [0.15, 0.2) is 5.78 Å². The van der Waals surface area contributed by atoms with E-state index in [1.165, 1.54) is 6.92 Å². The zero-order chi connectivity index (χ0) is 6.85. The highest BCUT2D eigenvalue weighted by Gasteiger charge is 2.05. The third-order valence-corrected chi connectivity index (χ3v) is 1.75. The first-order valence-electron chi connectivity index (χ1n) is 2.42. The van der Waals surface area contributed by atoms with Gasteiger partial charge < -0.3 is 0 Å². The number of carbonyl (C=O) groups is 1. The first-order chi connectivity index (χ1) is 4.22. The van der Waals surface area contributed by atoms with E-state index in [0.717, 1.165) is 3.57 Å². The lowest BCUT2D eigenvalue weighted by Crippen LogP contribution is -1.93. The highest BCUT2D eigenvalue weighted by Crippen LogP contribution is 2.07. The molecule has 0 saturated carbocycles. The molecule has 3 nitrogen and oxygen atoms in total. The van der Waals surface area contributed by atoms with Gasteiger partial charge in [0.25, 0.3) is 0 Å². The number of Topliss-reactive ketones (excluding diaryl/α,β-unsaturated/α-hetero) is 1. The van der Waals surface area contributed by atoms with Crippen LogP contribution < -0.4 is 0 Å². The molecule has 0 radical (unpaired) electrons. The molecule has 0 unspecified atom stereocenters. The van der Waals surface area contributed by atoms with E-state index in [-0.39, 0.29) is 5.78 Å². The van der Waals surface area contributed by atoms with Gasteiger partial charge in [-0.05, 0) is 22.6 Å². The number of H-pyrrole nitrogens is 1. The summed E-state index contributed by atoms with van der Waals surface area (Å²) in [4.78, 5) is 10.6. The Bertz CT molecular complexity index is 231. The highest BCUT2D eigenvalue weighted by atomic mass is 127. The van der Waals surface area contributed by atoms with Gasteiger partial charge in [-0.1, -0.05) is 0 Å². The molecule has 4 heteroatoms. The van der Waals surface area contributed by atoms with Gasteiger partial charge in [-0.2, -0.15) is 5.10 Å². The Kier molecular flexibility index (Phi) is 1.84. The van der Waals surface area contributed by atoms with Crippen LogP contribution in [0.3, 0.4) is 0 Å². The first-order valence-corrected chi connectivity index (χ1v) is 3.50. The summed E-state index contributed by atoms with van der Waals surface area (Å²) in [6, 6.07) is 0. The van der Waals surface area contributed by atoms with Crippen LogP contribution >= 0.6 is 22.6 Å². The molecule has 1 heterocycles. The summed E-state index contributed by atoms with van der Waals surface area (Å²) >= 11 is 2.06. The van der Waals surface area contributed by atoms with Crippen molar-refractivity contribution in [3.05, 3.63) is 15.5 Å². The molecule has 1 aromatic heterocycles. The Morgan fingerprint density at radius 3 is 2.78 bits per heavy atom. The molecular formula is C5H5IN2O. The summed E-state index contributed by atoms with van der Waals surface area (Å²) in [6.07, 6.45) is 1.69. The molecule has 0 amide bonds. The summed E-state index contributed by atoms with van der Waals surface area (Å²) in [5.74, 6) is 0.000602. The van der Waals surface area contributed by atoms with E-state index in [1.54, 1.807) is 6.20 Å². The van der Waals surface area contributed by atoms with Gasteiger partial charge in [0, 0.05) is 13.1 Å². The van der Waals surface area contributed by atoms with Crippen LogP contribution in [0.15, 0.2) is 6.20 Å². The number of hydrogen-bond acceptors (Lipinski definition) is 2. The molecule has 1 rings (SSSR count). The zero-order valence-electron chi connectivity index (χ0n) is 4.81. The molecule has 48 valence electrons. The second-order valence-electron chi connectivity index (χ2n) is 1.64. The van der Waals surface area contributed by atoms with Crippen molar-refractivity contribution in [1.29, 1.82) is 0 Å². The quantitative estimate of drug-likeness (QED) is 0.588. The van der Waals surface area contributed by atoms with E-state index in [2.05, 4.69) is 32.8 Å². The molecule has 0 saturated heterocycles. The van der Waals surface area contributed by atoms with Crippen LogP contribution in [0.2, 0.25) is 0 Å². The number of nitrogens with one attached hydrogen (secondary N) is 1. The van der Waals surface area contributed by atoms with Crippen LogP contribution in [0.1, 0.15) is 17.4 Å². The standard InChI is InChI=1S/C5H5IN2O/c1-3(9)5-4(6)2-7-8-5/h2H,1H3,(H,7,8). The number of rotatable bonds is 1. The fraction of sp³-hybridized carbons (Fsp3) is 0.200. The minimum absolute atomic E-state index is 0.000602. The summed E-state index contributed by atoms with van der Waals surface area (Å²) < 4.78 is 0.875. The maximum absolute atomic E-state index is 10.6. The second kappa shape index (κ2) is 2.47. The van der Waals surface area contributed by atoms with Crippen molar-refractivity contribution < 1.29 is 4.79 Å². The number of hydrogen-bond donors (Lipinski definition) is 1. The van der Waals surface area contributed by atoms with Crippen molar-refractivity contribution in [2.75, 3.05) is 0 Å². The lowest BCUT2D eigenvalue weighted by atomic mass is 10.3. The van der Waals surface area contributed by atoms with Gasteiger partial charge in [-0.15, -0.1) is 0 Å². The number of ketones is 1. The molecular weight excluding hydrogens is 231 g/mol. The fourth-order valence-corrected chi connectivity index (χ4v) is 1.16. The van der Waals surface area contributed by atoms with Crippen molar-refractivity contribution >= 4 is 28.4 Å². The number of nitrogens with zero attached hydrogens (tertiary/aromatic N) is 1. The number of aromatic nitrogens is 2. The van der Waals surface area contributed by atoms with Crippen molar-refractivity contribution in [3.8, 4) is 0 Å². The van der Waals surface area contributed by atoms with Crippen molar-refractivity contribution in [2.45, 2.75) is 6.92 Å². The van der Waals surface area contributed by atoms with E-state index in [9.17, 15) is 4.79 Å². The molecule has 9 heavy (non-hydrogen) atoms. The van der Waals surface area contributed by atoms with Gasteiger partial charge in [0.05, 0.1) is 3.57 Å². The van der Waals surface area contributed by atoms with E-state index >= 15 is 0 Å². The predicted molar refractivity (Wildman–Crippen MR) is 41.3 cm³/mol. The highest BCUT2D eigenvalue weighted by molar-refractivity contribution is 14.1. The van der Waals surface area contributed by atoms with Gasteiger partial charge in [0.1, 0.15) is 5.69 Å². The minimum Gasteiger partial charge on any atom is -0.293 e. The maximum atomic E-state index is 10.6. The maximum Gasteiger partial charge on any atom is 0.181 e. The Labute approximate surface area is 66.0 Å². The SMILES string of the molecule is CC(=O)c1n[nH]cc1I. The zero-order valence-corrected chi connectivity index (χ0v) is 6.97. The topological polar surface area (TPSA) is 45.8 Å². The van der Waals surface area contributed by atoms with Crippen molar-refractivity contribution in [3.63, 3.8) is 0 Å². The molecule has 0 atom stereocenters. The molecule has 1 aromatic rings. The van der Waals surface area contributed by atoms with E-state index in [0.29, 0.717) is 5.69 Å². The number of carbonyl (C=O) groups excluding carboxylic acids is 1.